The van der Waals surface area contributed by atoms with Crippen LogP contribution in [0.1, 0.15) is 52.0 Å². The Balaban J connectivity index is 1.78. The molecule has 0 aliphatic carbocycles. The lowest BCUT2D eigenvalue weighted by atomic mass is 10.0. The van der Waals surface area contributed by atoms with Crippen LogP contribution in [0, 0.1) is 13.8 Å². The molecule has 7 nitrogen and oxygen atoms in total. The number of benzene rings is 3. The van der Waals surface area contributed by atoms with E-state index in [0.29, 0.717) is 29.2 Å². The molecule has 0 saturated carbocycles. The van der Waals surface area contributed by atoms with Crippen molar-refractivity contribution in [3.05, 3.63) is 88.5 Å². The minimum atomic E-state index is -3.51. The molecule has 0 aromatic heterocycles. The molecule has 0 spiro atoms. The zero-order chi connectivity index (χ0) is 26.5. The largest absolute Gasteiger partial charge is 0.493 e. The second-order valence-electron chi connectivity index (χ2n) is 8.81. The van der Waals surface area contributed by atoms with Crippen molar-refractivity contribution >= 4 is 21.6 Å². The molecule has 192 valence electrons. The second-order valence-corrected chi connectivity index (χ2v) is 10.7. The number of amides is 1. The van der Waals surface area contributed by atoms with Crippen LogP contribution >= 0.6 is 0 Å². The fraction of sp³-hybridized carbons (Fsp3) is 0.321. The zero-order valence-electron chi connectivity index (χ0n) is 21.7. The number of hydrogen-bond acceptors (Lipinski definition) is 5. The number of carbonyl (C=O) groups excluding carboxylic acids is 1. The summed E-state index contributed by atoms with van der Waals surface area (Å²) >= 11 is 0. The molecule has 0 saturated heterocycles. The topological polar surface area (TPSA) is 84.9 Å². The van der Waals surface area contributed by atoms with Gasteiger partial charge in [0.1, 0.15) is 0 Å². The summed E-state index contributed by atoms with van der Waals surface area (Å²) in [5, 5.41) is 3.07. The summed E-state index contributed by atoms with van der Waals surface area (Å²) in [7, 11) is -0.350. The summed E-state index contributed by atoms with van der Waals surface area (Å²) in [6.07, 6.45) is 1.90. The molecule has 0 radical (unpaired) electrons. The van der Waals surface area contributed by atoms with E-state index in [0.717, 1.165) is 22.3 Å². The molecule has 1 N–H and O–H groups in total. The number of rotatable bonds is 10. The number of sulfonamides is 1. The van der Waals surface area contributed by atoms with Crippen LogP contribution in [0.4, 0.5) is 5.69 Å². The Bertz CT molecular complexity index is 1320. The Morgan fingerprint density at radius 3 is 2.19 bits per heavy atom. The summed E-state index contributed by atoms with van der Waals surface area (Å²) in [4.78, 5) is 13.0. The van der Waals surface area contributed by atoms with Gasteiger partial charge in [0.05, 0.1) is 38.7 Å². The lowest BCUT2D eigenvalue weighted by molar-refractivity contribution is 0.0935. The quantitative estimate of drug-likeness (QED) is 0.407. The molecule has 1 unspecified atom stereocenters. The minimum absolute atomic E-state index is 0.175. The first-order valence-corrected chi connectivity index (χ1v) is 13.6. The molecule has 0 bridgehead atoms. The highest BCUT2D eigenvalue weighted by Crippen LogP contribution is 2.31. The fourth-order valence-electron chi connectivity index (χ4n) is 4.03. The van der Waals surface area contributed by atoms with Crippen molar-refractivity contribution in [1.29, 1.82) is 0 Å². The third-order valence-corrected chi connectivity index (χ3v) is 7.23. The molecule has 8 heteroatoms. The zero-order valence-corrected chi connectivity index (χ0v) is 22.5. The molecule has 0 heterocycles. The molecular weight excluding hydrogens is 476 g/mol. The highest BCUT2D eigenvalue weighted by molar-refractivity contribution is 7.92. The van der Waals surface area contributed by atoms with Gasteiger partial charge in [-0.2, -0.15) is 0 Å². The van der Waals surface area contributed by atoms with Crippen LogP contribution in [0.5, 0.6) is 11.5 Å². The van der Waals surface area contributed by atoms with Crippen LogP contribution in [-0.4, -0.2) is 34.8 Å². The number of hydrogen-bond donors (Lipinski definition) is 1. The highest BCUT2D eigenvalue weighted by Gasteiger charge is 2.21. The number of aryl methyl sites for hydroxylation is 2. The van der Waals surface area contributed by atoms with Gasteiger partial charge in [-0.3, -0.25) is 9.10 Å². The molecule has 3 aromatic carbocycles. The van der Waals surface area contributed by atoms with Gasteiger partial charge in [0.25, 0.3) is 5.91 Å². The van der Waals surface area contributed by atoms with Gasteiger partial charge in [0.2, 0.25) is 10.0 Å². The van der Waals surface area contributed by atoms with Crippen LogP contribution in [0.3, 0.4) is 0 Å². The van der Waals surface area contributed by atoms with Crippen LogP contribution in [0.2, 0.25) is 0 Å². The molecular formula is C28H34N2O5S. The molecule has 3 aromatic rings. The smallest absolute Gasteiger partial charge is 0.251 e. The van der Waals surface area contributed by atoms with Crippen LogP contribution in [0.25, 0.3) is 0 Å². The van der Waals surface area contributed by atoms with E-state index < -0.39 is 10.0 Å². The van der Waals surface area contributed by atoms with E-state index in [9.17, 15) is 13.2 Å². The average Bonchev–Trinajstić information content (AvgIpc) is 2.86. The maximum atomic E-state index is 13.0. The summed E-state index contributed by atoms with van der Waals surface area (Å²) < 4.78 is 37.3. The number of nitrogens with zero attached hydrogens (tertiary/aromatic N) is 1. The predicted octanol–water partition coefficient (Wildman–Crippen LogP) is 5.17. The van der Waals surface area contributed by atoms with E-state index in [4.69, 9.17) is 9.47 Å². The second kappa shape index (κ2) is 11.5. The van der Waals surface area contributed by atoms with E-state index in [1.807, 2.05) is 57.2 Å². The summed E-state index contributed by atoms with van der Waals surface area (Å²) in [6, 6.07) is 18.1. The van der Waals surface area contributed by atoms with Crippen molar-refractivity contribution in [2.24, 2.45) is 0 Å². The number of anilines is 1. The van der Waals surface area contributed by atoms with Crippen molar-refractivity contribution in [2.75, 3.05) is 24.8 Å². The van der Waals surface area contributed by atoms with Crippen LogP contribution in [0.15, 0.2) is 60.7 Å². The molecule has 1 amide bonds. The van der Waals surface area contributed by atoms with E-state index in [1.165, 1.54) is 10.6 Å². The maximum absolute atomic E-state index is 13.0. The Morgan fingerprint density at radius 1 is 0.944 bits per heavy atom. The van der Waals surface area contributed by atoms with E-state index in [-0.39, 0.29) is 18.5 Å². The first-order valence-electron chi connectivity index (χ1n) is 11.7. The van der Waals surface area contributed by atoms with Gasteiger partial charge in [-0.1, -0.05) is 37.3 Å². The third-order valence-electron chi connectivity index (χ3n) is 6.10. The standard InChI is InChI=1S/C28H34N2O5S/c1-7-24(23-14-15-26(34-4)27(17-23)35-5)29-28(31)22-12-10-21(11-13-22)18-30(36(6,32)33)25-16-19(2)8-9-20(25)3/h8-17,24H,7,18H2,1-6H3,(H,29,31). The van der Waals surface area contributed by atoms with Gasteiger partial charge in [0, 0.05) is 5.56 Å². The Morgan fingerprint density at radius 2 is 1.61 bits per heavy atom. The normalized spacial score (nSPS) is 12.1. The summed E-state index contributed by atoms with van der Waals surface area (Å²) in [5.74, 6) is 1.02. The molecule has 1 atom stereocenters. The molecule has 3 rings (SSSR count). The van der Waals surface area contributed by atoms with Gasteiger partial charge in [-0.15, -0.1) is 0 Å². The highest BCUT2D eigenvalue weighted by atomic mass is 32.2. The Labute approximate surface area is 214 Å². The first-order chi connectivity index (χ1) is 17.1. The van der Waals surface area contributed by atoms with Crippen LogP contribution < -0.4 is 19.1 Å². The van der Waals surface area contributed by atoms with Gasteiger partial charge in [-0.05, 0) is 72.9 Å². The molecule has 0 aliphatic rings. The van der Waals surface area contributed by atoms with E-state index >= 15 is 0 Å². The van der Waals surface area contributed by atoms with E-state index in [1.54, 1.807) is 38.5 Å². The van der Waals surface area contributed by atoms with Gasteiger partial charge in [0.15, 0.2) is 11.5 Å². The average molecular weight is 511 g/mol. The summed E-state index contributed by atoms with van der Waals surface area (Å²) in [5.41, 5.74) is 4.71. The minimum Gasteiger partial charge on any atom is -0.493 e. The first kappa shape index (κ1) is 27.1. The van der Waals surface area contributed by atoms with Crippen molar-refractivity contribution in [2.45, 2.75) is 39.8 Å². The molecule has 0 fully saturated rings. The van der Waals surface area contributed by atoms with Crippen molar-refractivity contribution in [3.63, 3.8) is 0 Å². The predicted molar refractivity (Wildman–Crippen MR) is 143 cm³/mol. The number of nitrogens with one attached hydrogen (secondary N) is 1. The lowest BCUT2D eigenvalue weighted by Crippen LogP contribution is -2.30. The van der Waals surface area contributed by atoms with Crippen molar-refractivity contribution < 1.29 is 22.7 Å². The number of carbonyl (C=O) groups is 1. The van der Waals surface area contributed by atoms with E-state index in [2.05, 4.69) is 5.32 Å². The lowest BCUT2D eigenvalue weighted by Gasteiger charge is -2.25. The SMILES string of the molecule is CCC(NC(=O)c1ccc(CN(c2cc(C)ccc2C)S(C)(=O)=O)cc1)c1ccc(OC)c(OC)c1. The Hall–Kier alpha value is -3.52. The third kappa shape index (κ3) is 6.37. The Kier molecular flexibility index (Phi) is 8.63. The summed E-state index contributed by atoms with van der Waals surface area (Å²) in [6.45, 7) is 6.00. The van der Waals surface area contributed by atoms with Gasteiger partial charge in [-0.25, -0.2) is 8.42 Å². The molecule has 0 aliphatic heterocycles. The van der Waals surface area contributed by atoms with Gasteiger partial charge >= 0.3 is 0 Å². The number of methoxy groups -OCH3 is 2. The molecule has 36 heavy (non-hydrogen) atoms. The van der Waals surface area contributed by atoms with Crippen molar-refractivity contribution in [3.8, 4) is 11.5 Å². The maximum Gasteiger partial charge on any atom is 0.251 e. The fourth-order valence-corrected chi connectivity index (χ4v) is 4.97. The van der Waals surface area contributed by atoms with Gasteiger partial charge < -0.3 is 14.8 Å². The van der Waals surface area contributed by atoms with Crippen molar-refractivity contribution in [1.82, 2.24) is 5.32 Å². The van der Waals surface area contributed by atoms with Crippen LogP contribution in [-0.2, 0) is 16.6 Å². The monoisotopic (exact) mass is 510 g/mol. The number of ether oxygens (including phenoxy) is 2.